The standard InChI is InChI=1S/C28H44N2O10/c29-11-9-17-1-5-19(6-2-17)20-7-3-18(4-8-20)10-12-30(13-21(33)25(37)27(39)23(35)15-31)14-22(34)26(38)28(40)24(36)16-32/h1-8,21-28,31-40H,9-16,29H2/t21-,22-,23+,24+,25+,26+,27+,28+/m0/s1. The Hall–Kier alpha value is -2.04. The summed E-state index contributed by atoms with van der Waals surface area (Å²) in [6.45, 7) is -1.51. The Kier molecular flexibility index (Phi) is 14.6. The first-order valence-corrected chi connectivity index (χ1v) is 13.3. The second-order valence-electron chi connectivity index (χ2n) is 10.0. The molecule has 2 aromatic carbocycles. The number of hydrogen-bond donors (Lipinski definition) is 11. The minimum absolute atomic E-state index is 0.206. The lowest BCUT2D eigenvalue weighted by Crippen LogP contribution is -2.53. The average Bonchev–Trinajstić information content (AvgIpc) is 2.98. The maximum absolute atomic E-state index is 10.5. The lowest BCUT2D eigenvalue weighted by atomic mass is 10.00. The molecule has 0 aliphatic carbocycles. The van der Waals surface area contributed by atoms with Crippen LogP contribution in [0.3, 0.4) is 0 Å². The molecule has 0 aliphatic heterocycles. The van der Waals surface area contributed by atoms with Crippen LogP contribution in [0.15, 0.2) is 48.5 Å². The quantitative estimate of drug-likeness (QED) is 0.0844. The van der Waals surface area contributed by atoms with Crippen LogP contribution in [0.4, 0.5) is 0 Å². The molecule has 12 N–H and O–H groups in total. The first kappa shape index (κ1) is 34.2. The van der Waals surface area contributed by atoms with E-state index in [0.717, 1.165) is 28.7 Å². The van der Waals surface area contributed by atoms with Crippen LogP contribution >= 0.6 is 0 Å². The molecule has 0 aliphatic rings. The van der Waals surface area contributed by atoms with Gasteiger partial charge in [-0.1, -0.05) is 48.5 Å². The molecule has 0 amide bonds. The molecule has 0 saturated heterocycles. The van der Waals surface area contributed by atoms with Gasteiger partial charge in [-0.2, -0.15) is 0 Å². The number of benzene rings is 2. The minimum atomic E-state index is -1.84. The fraction of sp³-hybridized carbons (Fsp3) is 0.571. The Morgan fingerprint density at radius 2 is 0.875 bits per heavy atom. The van der Waals surface area contributed by atoms with Crippen LogP contribution < -0.4 is 5.73 Å². The van der Waals surface area contributed by atoms with Gasteiger partial charge in [-0.3, -0.25) is 4.90 Å². The Bertz CT molecular complexity index is 935. The fourth-order valence-electron chi connectivity index (χ4n) is 4.31. The van der Waals surface area contributed by atoms with Crippen molar-refractivity contribution >= 4 is 0 Å². The maximum atomic E-state index is 10.5. The molecule has 0 bridgehead atoms. The molecule has 40 heavy (non-hydrogen) atoms. The summed E-state index contributed by atoms with van der Waals surface area (Å²) in [4.78, 5) is 1.47. The molecular formula is C28H44N2O10. The van der Waals surface area contributed by atoms with Crippen LogP contribution in [0.2, 0.25) is 0 Å². The molecular weight excluding hydrogens is 524 g/mol. The van der Waals surface area contributed by atoms with E-state index in [1.807, 2.05) is 48.5 Å². The van der Waals surface area contributed by atoms with E-state index >= 15 is 0 Å². The van der Waals surface area contributed by atoms with E-state index < -0.39 is 62.0 Å². The van der Waals surface area contributed by atoms with Crippen molar-refractivity contribution in [2.45, 2.75) is 61.7 Å². The predicted octanol–water partition coefficient (Wildman–Crippen LogP) is -3.43. The summed E-state index contributed by atoms with van der Waals surface area (Å²) in [6, 6.07) is 15.8. The van der Waals surface area contributed by atoms with Gasteiger partial charge >= 0.3 is 0 Å². The fourth-order valence-corrected chi connectivity index (χ4v) is 4.31. The number of aliphatic hydroxyl groups excluding tert-OH is 10. The van der Waals surface area contributed by atoms with Crippen LogP contribution in [0, 0.1) is 0 Å². The van der Waals surface area contributed by atoms with E-state index in [4.69, 9.17) is 15.9 Å². The number of rotatable bonds is 18. The van der Waals surface area contributed by atoms with Crippen molar-refractivity contribution in [3.63, 3.8) is 0 Å². The smallest absolute Gasteiger partial charge is 0.111 e. The second-order valence-corrected chi connectivity index (χ2v) is 10.0. The molecule has 226 valence electrons. The van der Waals surface area contributed by atoms with Gasteiger partial charge in [0.15, 0.2) is 0 Å². The molecule has 2 rings (SSSR count). The molecule has 0 radical (unpaired) electrons. The summed E-state index contributed by atoms with van der Waals surface area (Å²) in [6.07, 6.45) is -12.7. The third-order valence-corrected chi connectivity index (χ3v) is 6.93. The Labute approximate surface area is 233 Å². The van der Waals surface area contributed by atoms with Crippen molar-refractivity contribution in [1.29, 1.82) is 0 Å². The average molecular weight is 569 g/mol. The van der Waals surface area contributed by atoms with Gasteiger partial charge in [0.1, 0.15) is 36.6 Å². The summed E-state index contributed by atoms with van der Waals surface area (Å²) in [5.74, 6) is 0. The van der Waals surface area contributed by atoms with Gasteiger partial charge in [-0.05, 0) is 41.6 Å². The predicted molar refractivity (Wildman–Crippen MR) is 147 cm³/mol. The van der Waals surface area contributed by atoms with E-state index in [0.29, 0.717) is 13.0 Å². The number of aliphatic hydroxyl groups is 10. The molecule has 0 spiro atoms. The van der Waals surface area contributed by atoms with Crippen LogP contribution in [0.1, 0.15) is 11.1 Å². The minimum Gasteiger partial charge on any atom is -0.394 e. The third kappa shape index (κ3) is 10.1. The monoisotopic (exact) mass is 568 g/mol. The van der Waals surface area contributed by atoms with Crippen molar-refractivity contribution in [3.8, 4) is 11.1 Å². The summed E-state index contributed by atoms with van der Waals surface area (Å²) in [5, 5.41) is 98.5. The van der Waals surface area contributed by atoms with Gasteiger partial charge in [0, 0.05) is 19.6 Å². The van der Waals surface area contributed by atoms with Crippen LogP contribution in [0.25, 0.3) is 11.1 Å². The van der Waals surface area contributed by atoms with Crippen molar-refractivity contribution in [3.05, 3.63) is 59.7 Å². The van der Waals surface area contributed by atoms with Crippen molar-refractivity contribution < 1.29 is 51.1 Å². The van der Waals surface area contributed by atoms with E-state index in [2.05, 4.69) is 0 Å². The first-order valence-electron chi connectivity index (χ1n) is 13.3. The van der Waals surface area contributed by atoms with Crippen LogP contribution in [0.5, 0.6) is 0 Å². The summed E-state index contributed by atoms with van der Waals surface area (Å²) in [7, 11) is 0. The van der Waals surface area contributed by atoms with Gasteiger partial charge < -0.3 is 56.8 Å². The summed E-state index contributed by atoms with van der Waals surface area (Å²) in [5.41, 5.74) is 9.71. The van der Waals surface area contributed by atoms with Gasteiger partial charge in [0.25, 0.3) is 0 Å². The highest BCUT2D eigenvalue weighted by Crippen LogP contribution is 2.21. The van der Waals surface area contributed by atoms with Crippen LogP contribution in [-0.2, 0) is 12.8 Å². The van der Waals surface area contributed by atoms with Crippen LogP contribution in [-0.4, -0.2) is 144 Å². The van der Waals surface area contributed by atoms with Crippen molar-refractivity contribution in [1.82, 2.24) is 4.90 Å². The van der Waals surface area contributed by atoms with Crippen molar-refractivity contribution in [2.75, 3.05) is 39.4 Å². The zero-order valence-corrected chi connectivity index (χ0v) is 22.4. The lowest BCUT2D eigenvalue weighted by molar-refractivity contribution is -0.130. The Balaban J connectivity index is 2.11. The van der Waals surface area contributed by atoms with Gasteiger partial charge in [0.2, 0.25) is 0 Å². The third-order valence-electron chi connectivity index (χ3n) is 6.93. The first-order chi connectivity index (χ1) is 19.0. The highest BCUT2D eigenvalue weighted by molar-refractivity contribution is 5.64. The zero-order chi connectivity index (χ0) is 29.8. The van der Waals surface area contributed by atoms with E-state index in [-0.39, 0.29) is 19.6 Å². The highest BCUT2D eigenvalue weighted by atomic mass is 16.4. The molecule has 0 aromatic heterocycles. The highest BCUT2D eigenvalue weighted by Gasteiger charge is 2.34. The van der Waals surface area contributed by atoms with E-state index in [1.54, 1.807) is 0 Å². The topological polar surface area (TPSA) is 232 Å². The van der Waals surface area contributed by atoms with Crippen molar-refractivity contribution in [2.24, 2.45) is 5.73 Å². The number of hydrogen-bond acceptors (Lipinski definition) is 12. The molecule has 0 unspecified atom stereocenters. The zero-order valence-electron chi connectivity index (χ0n) is 22.4. The SMILES string of the molecule is NCCc1ccc(-c2ccc(CCN(C[C@H](O)[C@@H](O)[C@H](O)[C@H](O)CO)C[C@H](O)[C@@H](O)[C@H](O)[C@H](O)CO)cc2)cc1. The maximum Gasteiger partial charge on any atom is 0.111 e. The van der Waals surface area contributed by atoms with E-state index in [9.17, 15) is 40.9 Å². The molecule has 0 saturated carbocycles. The molecule has 2 aromatic rings. The van der Waals surface area contributed by atoms with E-state index in [1.165, 1.54) is 4.90 Å². The largest absolute Gasteiger partial charge is 0.394 e. The Morgan fingerprint density at radius 3 is 1.23 bits per heavy atom. The summed E-state index contributed by atoms with van der Waals surface area (Å²) < 4.78 is 0. The molecule has 0 fully saturated rings. The van der Waals surface area contributed by atoms with Gasteiger partial charge in [0.05, 0.1) is 25.4 Å². The van der Waals surface area contributed by atoms with Gasteiger partial charge in [-0.25, -0.2) is 0 Å². The van der Waals surface area contributed by atoms with Gasteiger partial charge in [-0.15, -0.1) is 0 Å². The molecule has 12 heteroatoms. The molecule has 12 nitrogen and oxygen atoms in total. The molecule has 8 atom stereocenters. The normalized spacial score (nSPS) is 18.1. The summed E-state index contributed by atoms with van der Waals surface area (Å²) >= 11 is 0. The molecule has 0 heterocycles. The lowest BCUT2D eigenvalue weighted by Gasteiger charge is -2.33. The Morgan fingerprint density at radius 1 is 0.525 bits per heavy atom. The number of nitrogens with zero attached hydrogens (tertiary/aromatic N) is 1. The number of nitrogens with two attached hydrogens (primary N) is 1. The second kappa shape index (κ2) is 17.0.